The molecule has 0 spiro atoms. The van der Waals surface area contributed by atoms with Crippen LogP contribution in [0.1, 0.15) is 18.9 Å². The van der Waals surface area contributed by atoms with Gasteiger partial charge in [-0.15, -0.1) is 0 Å². The van der Waals surface area contributed by atoms with Crippen LogP contribution in [-0.2, 0) is 30.2 Å². The third kappa shape index (κ3) is 9.27. The standard InChI is InChI=1S/C39H40O7/c1-6-7-29-8-10-30(11-9-29)31-12-14-33(15-13-31)36-24-34(18-21-37(36)46-39(41)28(3)26-43-5)32-16-19-35(20-17-32)44-22-23-45-38(40)27(2)25-42-4/h8-21,24H,2-3,6-7,22-23,25-26H2,1,4-5H3. The van der Waals surface area contributed by atoms with Gasteiger partial charge in [-0.1, -0.05) is 93.2 Å². The summed E-state index contributed by atoms with van der Waals surface area (Å²) in [6, 6.07) is 30.1. The fraction of sp³-hybridized carbons (Fsp3) is 0.231. The molecule has 0 aromatic heterocycles. The smallest absolute Gasteiger partial charge is 0.341 e. The van der Waals surface area contributed by atoms with Crippen molar-refractivity contribution in [2.24, 2.45) is 0 Å². The highest BCUT2D eigenvalue weighted by molar-refractivity contribution is 5.91. The minimum atomic E-state index is -0.546. The Hall–Kier alpha value is -4.98. The van der Waals surface area contributed by atoms with E-state index in [-0.39, 0.29) is 37.6 Å². The van der Waals surface area contributed by atoms with Gasteiger partial charge in [-0.25, -0.2) is 9.59 Å². The van der Waals surface area contributed by atoms with Crippen molar-refractivity contribution in [3.8, 4) is 44.9 Å². The zero-order valence-corrected chi connectivity index (χ0v) is 26.7. The third-order valence-electron chi connectivity index (χ3n) is 7.19. The summed E-state index contributed by atoms with van der Waals surface area (Å²) in [6.07, 6.45) is 2.18. The first-order valence-electron chi connectivity index (χ1n) is 15.1. The molecule has 238 valence electrons. The number of aryl methyl sites for hydroxylation is 1. The van der Waals surface area contributed by atoms with E-state index in [4.69, 9.17) is 23.7 Å². The maximum absolute atomic E-state index is 12.7. The van der Waals surface area contributed by atoms with E-state index in [2.05, 4.69) is 56.5 Å². The van der Waals surface area contributed by atoms with E-state index >= 15 is 0 Å². The molecule has 0 atom stereocenters. The summed E-state index contributed by atoms with van der Waals surface area (Å²) < 4.78 is 26.6. The molecule has 0 amide bonds. The normalized spacial score (nSPS) is 10.7. The molecule has 0 aliphatic carbocycles. The number of ether oxygens (including phenoxy) is 5. The number of esters is 2. The lowest BCUT2D eigenvalue weighted by Crippen LogP contribution is -2.15. The Morgan fingerprint density at radius 2 is 1.15 bits per heavy atom. The molecule has 4 aromatic rings. The van der Waals surface area contributed by atoms with Crippen molar-refractivity contribution in [2.45, 2.75) is 19.8 Å². The molecule has 0 bridgehead atoms. The second-order valence-electron chi connectivity index (χ2n) is 10.7. The molecule has 7 heteroatoms. The molecule has 0 unspecified atom stereocenters. The molecule has 0 aliphatic heterocycles. The summed E-state index contributed by atoms with van der Waals surface area (Å²) in [4.78, 5) is 24.6. The topological polar surface area (TPSA) is 80.3 Å². The van der Waals surface area contributed by atoms with Gasteiger partial charge in [0.2, 0.25) is 0 Å². The molecule has 0 radical (unpaired) electrons. The highest BCUT2D eigenvalue weighted by Gasteiger charge is 2.16. The summed E-state index contributed by atoms with van der Waals surface area (Å²) >= 11 is 0. The average Bonchev–Trinajstić information content (AvgIpc) is 3.08. The minimum absolute atomic E-state index is 0.0813. The van der Waals surface area contributed by atoms with Crippen LogP contribution in [0.4, 0.5) is 0 Å². The quantitative estimate of drug-likeness (QED) is 0.0546. The molecular formula is C39H40O7. The molecule has 4 aromatic carbocycles. The van der Waals surface area contributed by atoms with E-state index in [0.717, 1.165) is 46.2 Å². The highest BCUT2D eigenvalue weighted by atomic mass is 16.6. The van der Waals surface area contributed by atoms with Gasteiger partial charge >= 0.3 is 11.9 Å². The Morgan fingerprint density at radius 3 is 1.76 bits per heavy atom. The van der Waals surface area contributed by atoms with Crippen LogP contribution >= 0.6 is 0 Å². The van der Waals surface area contributed by atoms with Gasteiger partial charge in [-0.2, -0.15) is 0 Å². The van der Waals surface area contributed by atoms with E-state index in [1.807, 2.05) is 48.5 Å². The second kappa shape index (κ2) is 16.9. The van der Waals surface area contributed by atoms with Crippen LogP contribution in [0.2, 0.25) is 0 Å². The van der Waals surface area contributed by atoms with Crippen LogP contribution < -0.4 is 9.47 Å². The van der Waals surface area contributed by atoms with Gasteiger partial charge in [-0.05, 0) is 64.1 Å². The van der Waals surface area contributed by atoms with E-state index in [0.29, 0.717) is 11.5 Å². The van der Waals surface area contributed by atoms with Crippen LogP contribution in [0.15, 0.2) is 115 Å². The first kappa shape index (κ1) is 33.9. The third-order valence-corrected chi connectivity index (χ3v) is 7.19. The van der Waals surface area contributed by atoms with Crippen molar-refractivity contribution < 1.29 is 33.3 Å². The number of methoxy groups -OCH3 is 2. The highest BCUT2D eigenvalue weighted by Crippen LogP contribution is 2.36. The summed E-state index contributed by atoms with van der Waals surface area (Å²) in [5.74, 6) is 0.000825. The number of hydrogen-bond acceptors (Lipinski definition) is 7. The number of carbonyl (C=O) groups excluding carboxylic acids is 2. The lowest BCUT2D eigenvalue weighted by atomic mass is 9.96. The van der Waals surface area contributed by atoms with Crippen molar-refractivity contribution in [2.75, 3.05) is 40.6 Å². The monoisotopic (exact) mass is 620 g/mol. The second-order valence-corrected chi connectivity index (χ2v) is 10.7. The fourth-order valence-electron chi connectivity index (χ4n) is 4.80. The van der Waals surface area contributed by atoms with Crippen LogP contribution in [0.25, 0.3) is 33.4 Å². The predicted molar refractivity (Wildman–Crippen MR) is 181 cm³/mol. The molecule has 7 nitrogen and oxygen atoms in total. The van der Waals surface area contributed by atoms with Gasteiger partial charge in [0.1, 0.15) is 24.7 Å². The number of hydrogen-bond donors (Lipinski definition) is 0. The van der Waals surface area contributed by atoms with Gasteiger partial charge < -0.3 is 23.7 Å². The Bertz CT molecular complexity index is 1640. The van der Waals surface area contributed by atoms with Crippen LogP contribution in [0.3, 0.4) is 0 Å². The van der Waals surface area contributed by atoms with Gasteiger partial charge in [0.05, 0.1) is 24.4 Å². The van der Waals surface area contributed by atoms with Gasteiger partial charge in [0.15, 0.2) is 0 Å². The Morgan fingerprint density at radius 1 is 0.630 bits per heavy atom. The van der Waals surface area contributed by atoms with E-state index < -0.39 is 11.9 Å². The van der Waals surface area contributed by atoms with Crippen molar-refractivity contribution in [3.05, 3.63) is 121 Å². The molecule has 0 N–H and O–H groups in total. The summed E-state index contributed by atoms with van der Waals surface area (Å²) in [7, 11) is 2.99. The van der Waals surface area contributed by atoms with Crippen LogP contribution in [-0.4, -0.2) is 52.6 Å². The molecule has 0 aliphatic rings. The van der Waals surface area contributed by atoms with E-state index in [1.54, 1.807) is 6.07 Å². The Balaban J connectivity index is 1.53. The van der Waals surface area contributed by atoms with Crippen molar-refractivity contribution in [1.82, 2.24) is 0 Å². The number of carbonyl (C=O) groups is 2. The lowest BCUT2D eigenvalue weighted by Gasteiger charge is -2.14. The molecule has 46 heavy (non-hydrogen) atoms. The molecule has 0 fully saturated rings. The molecule has 0 saturated carbocycles. The van der Waals surface area contributed by atoms with Crippen molar-refractivity contribution in [3.63, 3.8) is 0 Å². The molecule has 0 saturated heterocycles. The maximum Gasteiger partial charge on any atom is 0.341 e. The van der Waals surface area contributed by atoms with Crippen LogP contribution in [0, 0.1) is 0 Å². The number of benzene rings is 4. The van der Waals surface area contributed by atoms with Gasteiger partial charge in [-0.3, -0.25) is 0 Å². The van der Waals surface area contributed by atoms with Crippen molar-refractivity contribution in [1.29, 1.82) is 0 Å². The maximum atomic E-state index is 12.7. The Labute approximate surface area is 271 Å². The summed E-state index contributed by atoms with van der Waals surface area (Å²) in [6.45, 7) is 10.1. The summed E-state index contributed by atoms with van der Waals surface area (Å²) in [5.41, 5.74) is 7.57. The summed E-state index contributed by atoms with van der Waals surface area (Å²) in [5, 5.41) is 0. The Kier molecular flexibility index (Phi) is 12.5. The number of rotatable bonds is 16. The lowest BCUT2D eigenvalue weighted by molar-refractivity contribution is -0.140. The van der Waals surface area contributed by atoms with Crippen molar-refractivity contribution >= 4 is 11.9 Å². The molecular weight excluding hydrogens is 580 g/mol. The van der Waals surface area contributed by atoms with Gasteiger partial charge in [0, 0.05) is 19.8 Å². The first-order valence-corrected chi connectivity index (χ1v) is 15.1. The average molecular weight is 621 g/mol. The zero-order chi connectivity index (χ0) is 32.9. The first-order chi connectivity index (χ1) is 22.3. The molecule has 0 heterocycles. The van der Waals surface area contributed by atoms with E-state index in [9.17, 15) is 9.59 Å². The van der Waals surface area contributed by atoms with Gasteiger partial charge in [0.25, 0.3) is 0 Å². The van der Waals surface area contributed by atoms with Crippen LogP contribution in [0.5, 0.6) is 11.5 Å². The largest absolute Gasteiger partial charge is 0.490 e. The van der Waals surface area contributed by atoms with E-state index in [1.165, 1.54) is 19.8 Å². The minimum Gasteiger partial charge on any atom is -0.490 e. The molecule has 4 rings (SSSR count). The zero-order valence-electron chi connectivity index (χ0n) is 26.7. The SMILES string of the molecule is C=C(COC)C(=O)OCCOc1ccc(-c2ccc(OC(=O)C(=C)COC)c(-c3ccc(-c4ccc(CCC)cc4)cc3)c2)cc1. The fourth-order valence-corrected chi connectivity index (χ4v) is 4.80. The predicted octanol–water partition coefficient (Wildman–Crippen LogP) is 7.87.